The molecule has 0 atom stereocenters. The molecular weight excluding hydrogens is 274 g/mol. The van der Waals surface area contributed by atoms with Crippen molar-refractivity contribution < 1.29 is 9.53 Å². The van der Waals surface area contributed by atoms with Gasteiger partial charge in [0.1, 0.15) is 5.75 Å². The molecule has 22 heavy (non-hydrogen) atoms. The third-order valence-electron chi connectivity index (χ3n) is 3.42. The van der Waals surface area contributed by atoms with Crippen molar-refractivity contribution in [1.82, 2.24) is 0 Å². The summed E-state index contributed by atoms with van der Waals surface area (Å²) in [5, 5.41) is 3.00. The van der Waals surface area contributed by atoms with Gasteiger partial charge in [-0.15, -0.1) is 0 Å². The number of benzene rings is 2. The summed E-state index contributed by atoms with van der Waals surface area (Å²) < 4.78 is 5.59. The molecule has 0 radical (unpaired) electrons. The summed E-state index contributed by atoms with van der Waals surface area (Å²) in [6.07, 6.45) is 1.16. The lowest BCUT2D eigenvalue weighted by atomic mass is 10.0. The molecule has 1 amide bonds. The van der Waals surface area contributed by atoms with Crippen LogP contribution in [0.4, 0.5) is 5.69 Å². The molecule has 0 saturated heterocycles. The van der Waals surface area contributed by atoms with Gasteiger partial charge in [0.15, 0.2) is 0 Å². The highest BCUT2D eigenvalue weighted by Crippen LogP contribution is 2.23. The first kappa shape index (κ1) is 16.1. The number of hydrogen-bond donors (Lipinski definition) is 1. The highest BCUT2D eigenvalue weighted by Gasteiger charge is 2.08. The number of anilines is 1. The summed E-state index contributed by atoms with van der Waals surface area (Å²) in [5.74, 6) is 1.26. The van der Waals surface area contributed by atoms with Crippen LogP contribution in [0, 0.1) is 0 Å². The first-order chi connectivity index (χ1) is 10.7. The smallest absolute Gasteiger partial charge is 0.224 e. The topological polar surface area (TPSA) is 38.3 Å². The monoisotopic (exact) mass is 297 g/mol. The van der Waals surface area contributed by atoms with E-state index in [1.165, 1.54) is 0 Å². The van der Waals surface area contributed by atoms with Crippen LogP contribution in [0.25, 0.3) is 0 Å². The highest BCUT2D eigenvalue weighted by molar-refractivity contribution is 5.91. The molecule has 1 N–H and O–H groups in total. The molecule has 3 nitrogen and oxygen atoms in total. The first-order valence-corrected chi connectivity index (χ1v) is 7.73. The number of amides is 1. The van der Waals surface area contributed by atoms with E-state index in [1.807, 2.05) is 48.5 Å². The second kappa shape index (κ2) is 8.23. The fourth-order valence-corrected chi connectivity index (χ4v) is 2.27. The van der Waals surface area contributed by atoms with E-state index < -0.39 is 0 Å². The fraction of sp³-hybridized carbons (Fsp3) is 0.316. The number of ether oxygens (including phenoxy) is 1. The van der Waals surface area contributed by atoms with Gasteiger partial charge in [-0.05, 0) is 36.1 Å². The van der Waals surface area contributed by atoms with Gasteiger partial charge in [-0.3, -0.25) is 4.79 Å². The van der Waals surface area contributed by atoms with Crippen LogP contribution in [-0.4, -0.2) is 12.5 Å². The minimum Gasteiger partial charge on any atom is -0.494 e. The first-order valence-electron chi connectivity index (χ1n) is 7.73. The van der Waals surface area contributed by atoms with Crippen molar-refractivity contribution in [3.63, 3.8) is 0 Å². The van der Waals surface area contributed by atoms with E-state index in [-0.39, 0.29) is 5.91 Å². The molecule has 2 rings (SSSR count). The average molecular weight is 297 g/mol. The Morgan fingerprint density at radius 2 is 1.73 bits per heavy atom. The predicted octanol–water partition coefficient (Wildman–Crippen LogP) is 4.61. The van der Waals surface area contributed by atoms with Crippen molar-refractivity contribution in [3.8, 4) is 5.75 Å². The van der Waals surface area contributed by atoms with Crippen molar-refractivity contribution in [2.75, 3.05) is 11.9 Å². The van der Waals surface area contributed by atoms with E-state index in [0.717, 1.165) is 17.0 Å². The van der Waals surface area contributed by atoms with Crippen molar-refractivity contribution in [3.05, 3.63) is 60.2 Å². The van der Waals surface area contributed by atoms with Gasteiger partial charge in [-0.2, -0.15) is 0 Å². The van der Waals surface area contributed by atoms with Gasteiger partial charge in [0.25, 0.3) is 0 Å². The van der Waals surface area contributed by atoms with Gasteiger partial charge < -0.3 is 10.1 Å². The fourth-order valence-electron chi connectivity index (χ4n) is 2.27. The molecule has 116 valence electrons. The maximum Gasteiger partial charge on any atom is 0.224 e. The minimum atomic E-state index is 0.0322. The summed E-state index contributed by atoms with van der Waals surface area (Å²) >= 11 is 0. The molecule has 0 saturated carbocycles. The lowest BCUT2D eigenvalue weighted by molar-refractivity contribution is -0.116. The van der Waals surface area contributed by atoms with E-state index in [4.69, 9.17) is 4.74 Å². The Kier molecular flexibility index (Phi) is 6.01. The quantitative estimate of drug-likeness (QED) is 0.758. The summed E-state index contributed by atoms with van der Waals surface area (Å²) in [5.41, 5.74) is 2.07. The van der Waals surface area contributed by atoms with Crippen molar-refractivity contribution in [1.29, 1.82) is 0 Å². The number of hydrogen-bond acceptors (Lipinski definition) is 2. The zero-order chi connectivity index (χ0) is 15.8. The standard InChI is InChI=1S/C19H23NO2/c1-15(2)17-11-6-7-12-18(17)20-19(21)13-8-14-22-16-9-4-3-5-10-16/h3-7,9-12,15H,8,13-14H2,1-2H3,(H,20,21). The molecule has 0 aliphatic rings. The average Bonchev–Trinajstić information content (AvgIpc) is 2.53. The third-order valence-corrected chi connectivity index (χ3v) is 3.42. The second-order valence-corrected chi connectivity index (χ2v) is 5.56. The maximum atomic E-state index is 12.0. The summed E-state index contributed by atoms with van der Waals surface area (Å²) in [6, 6.07) is 17.6. The zero-order valence-electron chi connectivity index (χ0n) is 13.2. The maximum absolute atomic E-state index is 12.0. The predicted molar refractivity (Wildman–Crippen MR) is 90.3 cm³/mol. The Hall–Kier alpha value is -2.29. The molecule has 0 heterocycles. The summed E-state index contributed by atoms with van der Waals surface area (Å²) in [4.78, 5) is 12.0. The van der Waals surface area contributed by atoms with Crippen LogP contribution in [-0.2, 0) is 4.79 Å². The Morgan fingerprint density at radius 3 is 2.45 bits per heavy atom. The summed E-state index contributed by atoms with van der Waals surface area (Å²) in [6.45, 7) is 4.79. The Balaban J connectivity index is 1.77. The SMILES string of the molecule is CC(C)c1ccccc1NC(=O)CCCOc1ccccc1. The summed E-state index contributed by atoms with van der Waals surface area (Å²) in [7, 11) is 0. The number of rotatable bonds is 7. The lowest BCUT2D eigenvalue weighted by Crippen LogP contribution is -2.14. The Bertz CT molecular complexity index is 593. The van der Waals surface area contributed by atoms with Crippen LogP contribution in [0.1, 0.15) is 38.2 Å². The van der Waals surface area contributed by atoms with Crippen LogP contribution in [0.3, 0.4) is 0 Å². The van der Waals surface area contributed by atoms with E-state index in [2.05, 4.69) is 25.2 Å². The zero-order valence-corrected chi connectivity index (χ0v) is 13.2. The Morgan fingerprint density at radius 1 is 1.05 bits per heavy atom. The molecule has 0 spiro atoms. The molecule has 0 aromatic heterocycles. The number of nitrogens with one attached hydrogen (secondary N) is 1. The van der Waals surface area contributed by atoms with Gasteiger partial charge in [-0.25, -0.2) is 0 Å². The number of carbonyl (C=O) groups excluding carboxylic acids is 1. The van der Waals surface area contributed by atoms with Crippen LogP contribution in [0.15, 0.2) is 54.6 Å². The van der Waals surface area contributed by atoms with Gasteiger partial charge in [0.05, 0.1) is 6.61 Å². The van der Waals surface area contributed by atoms with Crippen molar-refractivity contribution in [2.24, 2.45) is 0 Å². The molecule has 0 fully saturated rings. The van der Waals surface area contributed by atoms with Crippen LogP contribution in [0.2, 0.25) is 0 Å². The molecule has 0 aliphatic heterocycles. The van der Waals surface area contributed by atoms with E-state index >= 15 is 0 Å². The van der Waals surface area contributed by atoms with Gasteiger partial charge in [0, 0.05) is 12.1 Å². The number of carbonyl (C=O) groups is 1. The molecule has 0 bridgehead atoms. The third kappa shape index (κ3) is 4.92. The van der Waals surface area contributed by atoms with E-state index in [9.17, 15) is 4.79 Å². The largest absolute Gasteiger partial charge is 0.494 e. The minimum absolute atomic E-state index is 0.0322. The van der Waals surface area contributed by atoms with E-state index in [0.29, 0.717) is 25.4 Å². The van der Waals surface area contributed by atoms with Gasteiger partial charge >= 0.3 is 0 Å². The normalized spacial score (nSPS) is 10.5. The molecular formula is C19H23NO2. The van der Waals surface area contributed by atoms with Crippen LogP contribution >= 0.6 is 0 Å². The number of para-hydroxylation sites is 2. The van der Waals surface area contributed by atoms with Crippen LogP contribution < -0.4 is 10.1 Å². The second-order valence-electron chi connectivity index (χ2n) is 5.56. The lowest BCUT2D eigenvalue weighted by Gasteiger charge is -2.13. The molecule has 2 aromatic carbocycles. The van der Waals surface area contributed by atoms with Crippen LogP contribution in [0.5, 0.6) is 5.75 Å². The molecule has 3 heteroatoms. The van der Waals surface area contributed by atoms with Crippen molar-refractivity contribution >= 4 is 11.6 Å². The highest BCUT2D eigenvalue weighted by atomic mass is 16.5. The molecule has 0 unspecified atom stereocenters. The van der Waals surface area contributed by atoms with Gasteiger partial charge in [-0.1, -0.05) is 50.2 Å². The van der Waals surface area contributed by atoms with E-state index in [1.54, 1.807) is 0 Å². The van der Waals surface area contributed by atoms with Gasteiger partial charge in [0.2, 0.25) is 5.91 Å². The van der Waals surface area contributed by atoms with Crippen molar-refractivity contribution in [2.45, 2.75) is 32.6 Å². The Labute approximate surface area is 132 Å². The molecule has 0 aliphatic carbocycles. The molecule has 2 aromatic rings.